The SMILES string of the molecule is COc1nc(NS(=O)(=O)c2c[nH]c3c(-c4cnn(C)c4)c(Cl)ccc23)nc(OC)c1CC(F)F. The standard InChI is InChI=1S/C20H19ClF2N6O4S/c1-29-9-10(7-25-29)16-13(21)5-4-11-14(8-24-17(11)16)34(30,31)28-20-26-18(32-2)12(6-15(22)23)19(27-20)33-3/h4-5,7-9,15,24H,6H2,1-3H3,(H,26,27,28). The highest BCUT2D eigenvalue weighted by molar-refractivity contribution is 7.93. The van der Waals surface area contributed by atoms with Crippen LogP contribution in [0.25, 0.3) is 22.0 Å². The molecule has 0 unspecified atom stereocenters. The van der Waals surface area contributed by atoms with Gasteiger partial charge < -0.3 is 14.5 Å². The van der Waals surface area contributed by atoms with E-state index in [1.165, 1.54) is 20.4 Å². The van der Waals surface area contributed by atoms with E-state index in [2.05, 4.69) is 24.8 Å². The third-order valence-corrected chi connectivity index (χ3v) is 6.64. The molecule has 0 aliphatic rings. The minimum absolute atomic E-state index is 0.0780. The number of nitrogens with zero attached hydrogens (tertiary/aromatic N) is 4. The molecule has 0 saturated carbocycles. The number of fused-ring (bicyclic) bond motifs is 1. The lowest BCUT2D eigenvalue weighted by atomic mass is 10.1. The lowest BCUT2D eigenvalue weighted by Gasteiger charge is -2.14. The van der Waals surface area contributed by atoms with Crippen molar-refractivity contribution < 1.29 is 26.7 Å². The summed E-state index contributed by atoms with van der Waals surface area (Å²) in [4.78, 5) is 10.7. The van der Waals surface area contributed by atoms with Crippen LogP contribution in [0.15, 0.2) is 35.6 Å². The number of H-pyrrole nitrogens is 1. The highest BCUT2D eigenvalue weighted by Crippen LogP contribution is 2.37. The lowest BCUT2D eigenvalue weighted by molar-refractivity contribution is 0.146. The van der Waals surface area contributed by atoms with Gasteiger partial charge in [-0.25, -0.2) is 21.9 Å². The Kier molecular flexibility index (Phi) is 6.32. The average Bonchev–Trinajstić information content (AvgIpc) is 3.40. The van der Waals surface area contributed by atoms with Crippen LogP contribution in [0.3, 0.4) is 0 Å². The average molecular weight is 513 g/mol. The van der Waals surface area contributed by atoms with Crippen LogP contribution < -0.4 is 14.2 Å². The molecular weight excluding hydrogens is 494 g/mol. The van der Waals surface area contributed by atoms with Crippen molar-refractivity contribution in [3.8, 4) is 22.9 Å². The van der Waals surface area contributed by atoms with E-state index in [0.717, 1.165) is 0 Å². The Morgan fingerprint density at radius 2 is 1.88 bits per heavy atom. The Hall–Kier alpha value is -3.45. The third kappa shape index (κ3) is 4.35. The molecule has 0 aliphatic heterocycles. The van der Waals surface area contributed by atoms with Gasteiger partial charge in [0.05, 0.1) is 36.5 Å². The Morgan fingerprint density at radius 3 is 2.44 bits per heavy atom. The van der Waals surface area contributed by atoms with Gasteiger partial charge in [0.15, 0.2) is 0 Å². The maximum absolute atomic E-state index is 13.2. The Labute approximate surface area is 197 Å². The molecule has 0 atom stereocenters. The number of aromatic amines is 1. The van der Waals surface area contributed by atoms with Gasteiger partial charge in [-0.15, -0.1) is 0 Å². The number of aromatic nitrogens is 5. The van der Waals surface area contributed by atoms with Crippen LogP contribution >= 0.6 is 11.6 Å². The number of anilines is 1. The molecule has 0 spiro atoms. The molecule has 0 aliphatic carbocycles. The highest BCUT2D eigenvalue weighted by atomic mass is 35.5. The van der Waals surface area contributed by atoms with Crippen LogP contribution in [0.4, 0.5) is 14.7 Å². The smallest absolute Gasteiger partial charge is 0.266 e. The maximum atomic E-state index is 13.2. The third-order valence-electron chi connectivity index (χ3n) is 4.95. The highest BCUT2D eigenvalue weighted by Gasteiger charge is 2.26. The second-order valence-electron chi connectivity index (χ2n) is 7.15. The first-order valence-corrected chi connectivity index (χ1v) is 11.6. The van der Waals surface area contributed by atoms with Gasteiger partial charge in [-0.05, 0) is 12.1 Å². The quantitative estimate of drug-likeness (QED) is 0.369. The molecule has 2 N–H and O–H groups in total. The van der Waals surface area contributed by atoms with Crippen molar-refractivity contribution in [1.82, 2.24) is 24.7 Å². The molecule has 0 bridgehead atoms. The fourth-order valence-corrected chi connectivity index (χ4v) is 4.92. The number of hydrogen-bond donors (Lipinski definition) is 2. The zero-order valence-electron chi connectivity index (χ0n) is 18.1. The van der Waals surface area contributed by atoms with Crippen LogP contribution in [0.5, 0.6) is 11.8 Å². The van der Waals surface area contributed by atoms with Crippen LogP contribution in [0, 0.1) is 0 Å². The van der Waals surface area contributed by atoms with E-state index in [-0.39, 0.29) is 22.2 Å². The zero-order chi connectivity index (χ0) is 24.6. The predicted octanol–water partition coefficient (Wildman–Crippen LogP) is 3.64. The summed E-state index contributed by atoms with van der Waals surface area (Å²) in [5.41, 5.74) is 1.70. The van der Waals surface area contributed by atoms with E-state index in [0.29, 0.717) is 27.1 Å². The van der Waals surface area contributed by atoms with Gasteiger partial charge in [-0.1, -0.05) is 11.6 Å². The van der Waals surface area contributed by atoms with Crippen molar-refractivity contribution in [3.05, 3.63) is 41.3 Å². The summed E-state index contributed by atoms with van der Waals surface area (Å²) in [5.74, 6) is -0.855. The molecule has 0 fully saturated rings. The van der Waals surface area contributed by atoms with Gasteiger partial charge in [-0.2, -0.15) is 15.1 Å². The minimum atomic E-state index is -4.22. The molecule has 0 amide bonds. The number of alkyl halides is 2. The molecule has 4 aromatic rings. The molecule has 3 heterocycles. The normalized spacial score (nSPS) is 11.9. The summed E-state index contributed by atoms with van der Waals surface area (Å²) >= 11 is 6.39. The van der Waals surface area contributed by atoms with Gasteiger partial charge >= 0.3 is 0 Å². The summed E-state index contributed by atoms with van der Waals surface area (Å²) in [6, 6.07) is 3.15. The van der Waals surface area contributed by atoms with Gasteiger partial charge in [0.1, 0.15) is 4.90 Å². The largest absolute Gasteiger partial charge is 0.481 e. The number of sulfonamides is 1. The predicted molar refractivity (Wildman–Crippen MR) is 121 cm³/mol. The maximum Gasteiger partial charge on any atom is 0.266 e. The Balaban J connectivity index is 1.77. The molecule has 3 aromatic heterocycles. The number of methoxy groups -OCH3 is 2. The molecule has 0 radical (unpaired) electrons. The first-order chi connectivity index (χ1) is 16.1. The number of nitrogens with one attached hydrogen (secondary N) is 2. The van der Waals surface area contributed by atoms with Crippen LogP contribution in [-0.4, -0.2) is 53.8 Å². The van der Waals surface area contributed by atoms with E-state index in [1.807, 2.05) is 0 Å². The van der Waals surface area contributed by atoms with Gasteiger partial charge in [0.2, 0.25) is 24.1 Å². The van der Waals surface area contributed by atoms with E-state index < -0.39 is 28.8 Å². The second kappa shape index (κ2) is 9.06. The summed E-state index contributed by atoms with van der Waals surface area (Å²) in [6.07, 6.45) is 1.24. The van der Waals surface area contributed by atoms with Crippen LogP contribution in [-0.2, 0) is 23.5 Å². The number of aryl methyl sites for hydroxylation is 1. The van der Waals surface area contributed by atoms with Gasteiger partial charge in [0.25, 0.3) is 10.0 Å². The number of halogens is 3. The van der Waals surface area contributed by atoms with Crippen molar-refractivity contribution in [2.45, 2.75) is 17.7 Å². The van der Waals surface area contributed by atoms with Gasteiger partial charge in [0, 0.05) is 42.4 Å². The van der Waals surface area contributed by atoms with Crippen LogP contribution in [0.1, 0.15) is 5.56 Å². The topological polar surface area (TPSA) is 124 Å². The summed E-state index contributed by atoms with van der Waals surface area (Å²) in [6.45, 7) is 0. The first-order valence-electron chi connectivity index (χ1n) is 9.73. The second-order valence-corrected chi connectivity index (χ2v) is 9.20. The summed E-state index contributed by atoms with van der Waals surface area (Å²) in [5, 5.41) is 4.91. The fraction of sp³-hybridized carbons (Fsp3) is 0.250. The first kappa shape index (κ1) is 23.7. The molecule has 180 valence electrons. The van der Waals surface area contributed by atoms with E-state index in [1.54, 1.807) is 36.3 Å². The van der Waals surface area contributed by atoms with E-state index in [4.69, 9.17) is 21.1 Å². The number of ether oxygens (including phenoxy) is 2. The summed E-state index contributed by atoms with van der Waals surface area (Å²) < 4.78 is 66.3. The van der Waals surface area contributed by atoms with E-state index >= 15 is 0 Å². The number of benzene rings is 1. The molecule has 4 rings (SSSR count). The van der Waals surface area contributed by atoms with E-state index in [9.17, 15) is 17.2 Å². The molecular formula is C20H19ClF2N6O4S. The van der Waals surface area contributed by atoms with Crippen molar-refractivity contribution in [2.75, 3.05) is 18.9 Å². The van der Waals surface area contributed by atoms with Crippen molar-refractivity contribution in [3.63, 3.8) is 0 Å². The summed E-state index contributed by atoms with van der Waals surface area (Å²) in [7, 11) is -0.0260. The Bertz CT molecular complexity index is 1450. The lowest BCUT2D eigenvalue weighted by Crippen LogP contribution is -2.16. The molecule has 34 heavy (non-hydrogen) atoms. The minimum Gasteiger partial charge on any atom is -0.481 e. The number of rotatable bonds is 8. The zero-order valence-corrected chi connectivity index (χ0v) is 19.7. The van der Waals surface area contributed by atoms with Gasteiger partial charge in [-0.3, -0.25) is 4.68 Å². The van der Waals surface area contributed by atoms with Crippen molar-refractivity contribution in [2.24, 2.45) is 7.05 Å². The van der Waals surface area contributed by atoms with Crippen LogP contribution in [0.2, 0.25) is 5.02 Å². The number of hydrogen-bond acceptors (Lipinski definition) is 7. The molecule has 0 saturated heterocycles. The Morgan fingerprint density at radius 1 is 1.21 bits per heavy atom. The fourth-order valence-electron chi connectivity index (χ4n) is 3.53. The molecule has 1 aromatic carbocycles. The molecule has 10 nitrogen and oxygen atoms in total. The monoisotopic (exact) mass is 512 g/mol. The van der Waals surface area contributed by atoms with Crippen molar-refractivity contribution >= 4 is 38.5 Å². The molecule has 14 heteroatoms. The van der Waals surface area contributed by atoms with Crippen molar-refractivity contribution in [1.29, 1.82) is 0 Å².